The van der Waals surface area contributed by atoms with Gasteiger partial charge < -0.3 is 15.5 Å². The van der Waals surface area contributed by atoms with Crippen LogP contribution in [0.15, 0.2) is 35.3 Å². The van der Waals surface area contributed by atoms with Gasteiger partial charge in [-0.15, -0.1) is 0 Å². The Morgan fingerprint density at radius 1 is 1.05 bits per heavy atom. The van der Waals surface area contributed by atoms with Crippen molar-refractivity contribution in [3.8, 4) is 0 Å². The van der Waals surface area contributed by atoms with Crippen LogP contribution in [-0.4, -0.2) is 41.1 Å². The van der Waals surface area contributed by atoms with Crippen molar-refractivity contribution < 1.29 is 0 Å². The number of piperazine rings is 1. The highest BCUT2D eigenvalue weighted by molar-refractivity contribution is 9.10. The standard InChI is InChI=1S/C13H15BrN6/c14-10-8-16-9-18-12(10)19-4-6-20(7-5-19)13-11(15)2-1-3-17-13/h1-3,8-9H,4-7,15H2. The predicted molar refractivity (Wildman–Crippen MR) is 82.8 cm³/mol. The van der Waals surface area contributed by atoms with E-state index in [-0.39, 0.29) is 0 Å². The van der Waals surface area contributed by atoms with Crippen molar-refractivity contribution in [1.82, 2.24) is 15.0 Å². The Hall–Kier alpha value is -1.89. The molecule has 1 aliphatic rings. The molecule has 0 saturated carbocycles. The average Bonchev–Trinajstić information content (AvgIpc) is 2.49. The molecule has 0 radical (unpaired) electrons. The molecule has 3 rings (SSSR count). The second-order valence-electron chi connectivity index (χ2n) is 4.58. The smallest absolute Gasteiger partial charge is 0.151 e. The third-order valence-electron chi connectivity index (χ3n) is 3.34. The summed E-state index contributed by atoms with van der Waals surface area (Å²) in [7, 11) is 0. The van der Waals surface area contributed by atoms with Gasteiger partial charge in [0.15, 0.2) is 5.82 Å². The number of halogens is 1. The molecule has 2 aromatic rings. The summed E-state index contributed by atoms with van der Waals surface area (Å²) in [6.07, 6.45) is 5.12. The Labute approximate surface area is 125 Å². The van der Waals surface area contributed by atoms with Crippen LogP contribution in [0.2, 0.25) is 0 Å². The van der Waals surface area contributed by atoms with Gasteiger partial charge in [0.05, 0.1) is 10.2 Å². The minimum Gasteiger partial charge on any atom is -0.396 e. The molecule has 2 N–H and O–H groups in total. The van der Waals surface area contributed by atoms with Gasteiger partial charge in [-0.3, -0.25) is 0 Å². The van der Waals surface area contributed by atoms with E-state index in [2.05, 4.69) is 40.7 Å². The fraction of sp³-hybridized carbons (Fsp3) is 0.308. The number of nitrogens with two attached hydrogens (primary N) is 1. The lowest BCUT2D eigenvalue weighted by molar-refractivity contribution is 0.640. The number of anilines is 3. The van der Waals surface area contributed by atoms with Gasteiger partial charge in [-0.05, 0) is 28.1 Å². The highest BCUT2D eigenvalue weighted by Gasteiger charge is 2.21. The normalized spacial score (nSPS) is 15.4. The monoisotopic (exact) mass is 334 g/mol. The molecule has 0 amide bonds. The van der Waals surface area contributed by atoms with Gasteiger partial charge in [0.2, 0.25) is 0 Å². The summed E-state index contributed by atoms with van der Waals surface area (Å²) in [5.74, 6) is 1.81. The summed E-state index contributed by atoms with van der Waals surface area (Å²) >= 11 is 3.49. The molecule has 0 aliphatic carbocycles. The van der Waals surface area contributed by atoms with Gasteiger partial charge in [-0.2, -0.15) is 0 Å². The third-order valence-corrected chi connectivity index (χ3v) is 3.90. The molecule has 1 aliphatic heterocycles. The molecule has 2 aromatic heterocycles. The maximum absolute atomic E-state index is 5.98. The zero-order valence-electron chi connectivity index (χ0n) is 10.9. The van der Waals surface area contributed by atoms with E-state index in [1.165, 1.54) is 0 Å². The number of pyridine rings is 1. The van der Waals surface area contributed by atoms with Crippen LogP contribution in [-0.2, 0) is 0 Å². The molecule has 1 fully saturated rings. The number of nitrogen functional groups attached to an aromatic ring is 1. The highest BCUT2D eigenvalue weighted by Crippen LogP contribution is 2.25. The first-order valence-electron chi connectivity index (χ1n) is 6.41. The summed E-state index contributed by atoms with van der Waals surface area (Å²) in [6, 6.07) is 3.74. The molecular formula is C13H15BrN6. The second kappa shape index (κ2) is 5.62. The second-order valence-corrected chi connectivity index (χ2v) is 5.44. The molecule has 0 bridgehead atoms. The first-order chi connectivity index (χ1) is 9.75. The van der Waals surface area contributed by atoms with Crippen LogP contribution in [0.5, 0.6) is 0 Å². The van der Waals surface area contributed by atoms with Crippen LogP contribution < -0.4 is 15.5 Å². The maximum atomic E-state index is 5.98. The van der Waals surface area contributed by atoms with Crippen molar-refractivity contribution in [2.75, 3.05) is 41.7 Å². The van der Waals surface area contributed by atoms with E-state index < -0.39 is 0 Å². The molecule has 0 unspecified atom stereocenters. The zero-order valence-corrected chi connectivity index (χ0v) is 12.5. The molecule has 0 atom stereocenters. The van der Waals surface area contributed by atoms with E-state index >= 15 is 0 Å². The molecule has 0 spiro atoms. The maximum Gasteiger partial charge on any atom is 0.151 e. The summed E-state index contributed by atoms with van der Waals surface area (Å²) in [5, 5.41) is 0. The van der Waals surface area contributed by atoms with E-state index in [1.54, 1.807) is 18.7 Å². The van der Waals surface area contributed by atoms with Crippen LogP contribution in [0.3, 0.4) is 0 Å². The van der Waals surface area contributed by atoms with E-state index in [9.17, 15) is 0 Å². The van der Waals surface area contributed by atoms with Gasteiger partial charge in [0, 0.05) is 38.6 Å². The number of rotatable bonds is 2. The Bertz CT molecular complexity index is 543. The molecule has 104 valence electrons. The average molecular weight is 335 g/mol. The number of hydrogen-bond acceptors (Lipinski definition) is 6. The summed E-state index contributed by atoms with van der Waals surface area (Å²) in [6.45, 7) is 3.51. The molecule has 20 heavy (non-hydrogen) atoms. The van der Waals surface area contributed by atoms with Gasteiger partial charge >= 0.3 is 0 Å². The van der Waals surface area contributed by atoms with Crippen molar-refractivity contribution in [3.63, 3.8) is 0 Å². The lowest BCUT2D eigenvalue weighted by Crippen LogP contribution is -2.47. The molecule has 0 aromatic carbocycles. The minimum atomic E-state index is 0.726. The van der Waals surface area contributed by atoms with E-state index in [0.29, 0.717) is 0 Å². The molecule has 7 heteroatoms. The molecular weight excluding hydrogens is 320 g/mol. The van der Waals surface area contributed by atoms with Gasteiger partial charge in [0.1, 0.15) is 12.1 Å². The lowest BCUT2D eigenvalue weighted by atomic mass is 10.3. The van der Waals surface area contributed by atoms with Crippen molar-refractivity contribution >= 4 is 33.3 Å². The summed E-state index contributed by atoms with van der Waals surface area (Å²) in [4.78, 5) is 17.1. The Morgan fingerprint density at radius 3 is 2.40 bits per heavy atom. The minimum absolute atomic E-state index is 0.726. The van der Waals surface area contributed by atoms with Crippen molar-refractivity contribution in [2.45, 2.75) is 0 Å². The molecule has 1 saturated heterocycles. The number of hydrogen-bond donors (Lipinski definition) is 1. The van der Waals surface area contributed by atoms with Gasteiger partial charge in [-0.25, -0.2) is 15.0 Å². The number of aromatic nitrogens is 3. The lowest BCUT2D eigenvalue weighted by Gasteiger charge is -2.36. The van der Waals surface area contributed by atoms with Crippen molar-refractivity contribution in [1.29, 1.82) is 0 Å². The quantitative estimate of drug-likeness (QED) is 0.898. The van der Waals surface area contributed by atoms with E-state index in [1.807, 2.05) is 12.1 Å². The first kappa shape index (κ1) is 13.1. The zero-order chi connectivity index (χ0) is 13.9. The van der Waals surface area contributed by atoms with E-state index in [0.717, 1.165) is 48.0 Å². The highest BCUT2D eigenvalue weighted by atomic mass is 79.9. The Balaban J connectivity index is 1.72. The van der Waals surface area contributed by atoms with Crippen LogP contribution >= 0.6 is 15.9 Å². The van der Waals surface area contributed by atoms with Crippen LogP contribution in [0.1, 0.15) is 0 Å². The van der Waals surface area contributed by atoms with E-state index in [4.69, 9.17) is 5.73 Å². The summed E-state index contributed by atoms with van der Waals surface area (Å²) in [5.41, 5.74) is 6.70. The first-order valence-corrected chi connectivity index (χ1v) is 7.21. The predicted octanol–water partition coefficient (Wildman–Crippen LogP) is 1.54. The van der Waals surface area contributed by atoms with Gasteiger partial charge in [-0.1, -0.05) is 0 Å². The largest absolute Gasteiger partial charge is 0.396 e. The third kappa shape index (κ3) is 2.53. The Kier molecular flexibility index (Phi) is 3.68. The van der Waals surface area contributed by atoms with Crippen molar-refractivity contribution in [2.24, 2.45) is 0 Å². The van der Waals surface area contributed by atoms with Crippen molar-refractivity contribution in [3.05, 3.63) is 35.3 Å². The molecule has 6 nitrogen and oxygen atoms in total. The fourth-order valence-electron chi connectivity index (χ4n) is 2.34. The number of nitrogens with zero attached hydrogens (tertiary/aromatic N) is 5. The van der Waals surface area contributed by atoms with Gasteiger partial charge in [0.25, 0.3) is 0 Å². The summed E-state index contributed by atoms with van der Waals surface area (Å²) < 4.78 is 0.922. The molecule has 3 heterocycles. The van der Waals surface area contributed by atoms with Crippen LogP contribution in [0, 0.1) is 0 Å². The van der Waals surface area contributed by atoms with Crippen LogP contribution in [0.25, 0.3) is 0 Å². The SMILES string of the molecule is Nc1cccnc1N1CCN(c2ncncc2Br)CC1. The van der Waals surface area contributed by atoms with Crippen LogP contribution in [0.4, 0.5) is 17.3 Å². The Morgan fingerprint density at radius 2 is 1.75 bits per heavy atom. The fourth-order valence-corrected chi connectivity index (χ4v) is 2.81. The topological polar surface area (TPSA) is 71.2 Å².